The second-order valence-electron chi connectivity index (χ2n) is 10.5. The van der Waals surface area contributed by atoms with Gasteiger partial charge in [0, 0.05) is 60.6 Å². The highest BCUT2D eigenvalue weighted by molar-refractivity contribution is 5.97. The van der Waals surface area contributed by atoms with E-state index in [0.717, 1.165) is 6.20 Å². The van der Waals surface area contributed by atoms with Gasteiger partial charge in [0.2, 0.25) is 5.95 Å². The minimum atomic E-state index is -4.67. The largest absolute Gasteiger partial charge is 0.444 e. The highest BCUT2D eigenvalue weighted by Gasteiger charge is 2.36. The number of hydrogen-bond donors (Lipinski definition) is 2. The number of tetrazole rings is 1. The number of piperidine rings is 1. The number of amides is 1. The van der Waals surface area contributed by atoms with E-state index in [1.165, 1.54) is 10.9 Å². The molecule has 1 fully saturated rings. The van der Waals surface area contributed by atoms with Gasteiger partial charge >= 0.3 is 12.3 Å². The van der Waals surface area contributed by atoms with Crippen LogP contribution in [-0.4, -0.2) is 70.9 Å². The van der Waals surface area contributed by atoms with Gasteiger partial charge in [0.25, 0.3) is 0 Å². The molecular formula is C25H28F3N9O2. The number of carbonyl (C=O) groups is 1. The summed E-state index contributed by atoms with van der Waals surface area (Å²) in [7, 11) is 1.70. The topological polar surface area (TPSA) is 127 Å². The van der Waals surface area contributed by atoms with E-state index in [4.69, 9.17) is 4.74 Å². The smallest absolute Gasteiger partial charge is 0.419 e. The van der Waals surface area contributed by atoms with Gasteiger partial charge in [-0.15, -0.1) is 5.10 Å². The van der Waals surface area contributed by atoms with Gasteiger partial charge in [0.15, 0.2) is 5.82 Å². The van der Waals surface area contributed by atoms with Gasteiger partial charge in [-0.25, -0.2) is 19.4 Å². The zero-order valence-corrected chi connectivity index (χ0v) is 21.9. The lowest BCUT2D eigenvalue weighted by molar-refractivity contribution is -0.137. The van der Waals surface area contributed by atoms with Crippen LogP contribution in [0.5, 0.6) is 0 Å². The summed E-state index contributed by atoms with van der Waals surface area (Å²) in [5, 5.41) is 15.1. The van der Waals surface area contributed by atoms with Crippen molar-refractivity contribution in [3.63, 3.8) is 0 Å². The molecule has 39 heavy (non-hydrogen) atoms. The molecule has 0 saturated carbocycles. The molecule has 14 heteroatoms. The van der Waals surface area contributed by atoms with Gasteiger partial charge in [-0.2, -0.15) is 13.2 Å². The Labute approximate surface area is 221 Å². The van der Waals surface area contributed by atoms with Crippen LogP contribution in [0.3, 0.4) is 0 Å². The average Bonchev–Trinajstić information content (AvgIpc) is 3.48. The van der Waals surface area contributed by atoms with E-state index in [-0.39, 0.29) is 23.2 Å². The Hall–Kier alpha value is -4.23. The summed E-state index contributed by atoms with van der Waals surface area (Å²) < 4.78 is 49.0. The maximum Gasteiger partial charge on any atom is 0.419 e. The Balaban J connectivity index is 1.45. The van der Waals surface area contributed by atoms with Crippen LogP contribution < -0.4 is 5.32 Å². The Kier molecular flexibility index (Phi) is 6.64. The van der Waals surface area contributed by atoms with Gasteiger partial charge < -0.3 is 19.9 Å². The van der Waals surface area contributed by atoms with Crippen molar-refractivity contribution in [2.45, 2.75) is 51.4 Å². The third-order valence-electron chi connectivity index (χ3n) is 6.32. The molecule has 206 valence electrons. The van der Waals surface area contributed by atoms with Crippen LogP contribution in [0, 0.1) is 0 Å². The zero-order chi connectivity index (χ0) is 27.9. The number of benzene rings is 1. The van der Waals surface area contributed by atoms with E-state index in [9.17, 15) is 18.0 Å². The number of nitrogens with one attached hydrogen (secondary N) is 2. The quantitative estimate of drug-likeness (QED) is 0.381. The molecule has 1 aliphatic heterocycles. The van der Waals surface area contributed by atoms with Crippen molar-refractivity contribution in [3.05, 3.63) is 36.2 Å². The van der Waals surface area contributed by atoms with Gasteiger partial charge in [-0.05, 0) is 50.1 Å². The molecule has 4 aromatic rings. The Morgan fingerprint density at radius 2 is 2.03 bits per heavy atom. The Morgan fingerprint density at radius 1 is 1.23 bits per heavy atom. The fraction of sp³-hybridized carbons (Fsp3) is 0.440. The van der Waals surface area contributed by atoms with Crippen LogP contribution in [0.2, 0.25) is 0 Å². The number of carbonyl (C=O) groups excluding carboxylic acids is 1. The number of halogens is 3. The van der Waals surface area contributed by atoms with Crippen molar-refractivity contribution in [2.75, 3.05) is 18.4 Å². The van der Waals surface area contributed by atoms with E-state index in [1.54, 1.807) is 50.9 Å². The molecule has 4 heterocycles. The predicted octanol–water partition coefficient (Wildman–Crippen LogP) is 4.65. The first kappa shape index (κ1) is 26.4. The van der Waals surface area contributed by atoms with E-state index in [1.807, 2.05) is 0 Å². The number of alkyl halides is 3. The van der Waals surface area contributed by atoms with Crippen LogP contribution in [0.1, 0.15) is 39.2 Å². The molecule has 2 N–H and O–H groups in total. The molecule has 5 rings (SSSR count). The summed E-state index contributed by atoms with van der Waals surface area (Å²) in [6.07, 6.45) is -1.41. The summed E-state index contributed by atoms with van der Waals surface area (Å²) in [4.78, 5) is 25.4. The fourth-order valence-electron chi connectivity index (χ4n) is 4.57. The lowest BCUT2D eigenvalue weighted by Crippen LogP contribution is -2.47. The molecule has 0 bridgehead atoms. The van der Waals surface area contributed by atoms with Crippen molar-refractivity contribution in [1.29, 1.82) is 0 Å². The number of H-pyrrole nitrogens is 1. The zero-order valence-electron chi connectivity index (χ0n) is 21.9. The Bertz CT molecular complexity index is 1510. The lowest BCUT2D eigenvalue weighted by Gasteiger charge is -2.34. The Morgan fingerprint density at radius 3 is 2.72 bits per heavy atom. The highest BCUT2D eigenvalue weighted by Crippen LogP contribution is 2.39. The third kappa shape index (κ3) is 5.64. The molecular weight excluding hydrogens is 515 g/mol. The minimum absolute atomic E-state index is 0.0465. The van der Waals surface area contributed by atoms with E-state index in [0.29, 0.717) is 48.2 Å². The van der Waals surface area contributed by atoms with Crippen LogP contribution in [0.25, 0.3) is 33.5 Å². The summed E-state index contributed by atoms with van der Waals surface area (Å²) >= 11 is 0. The first-order valence-electron chi connectivity index (χ1n) is 12.4. The summed E-state index contributed by atoms with van der Waals surface area (Å²) in [5.74, 6) is 0.565. The molecule has 1 aromatic carbocycles. The lowest BCUT2D eigenvalue weighted by atomic mass is 10.0. The van der Waals surface area contributed by atoms with Crippen LogP contribution in [0.4, 0.5) is 23.9 Å². The number of rotatable bonds is 4. The molecule has 3 aromatic heterocycles. The maximum absolute atomic E-state index is 14.0. The monoisotopic (exact) mass is 543 g/mol. The number of nitrogens with zero attached hydrogens (tertiary/aromatic N) is 7. The van der Waals surface area contributed by atoms with Crippen molar-refractivity contribution in [3.8, 4) is 22.6 Å². The number of aryl methyl sites for hydroxylation is 1. The number of hydrogen-bond acceptors (Lipinski definition) is 8. The van der Waals surface area contributed by atoms with Crippen molar-refractivity contribution in [1.82, 2.24) is 40.1 Å². The molecule has 1 saturated heterocycles. The number of aromatic amines is 1. The third-order valence-corrected chi connectivity index (χ3v) is 6.32. The summed E-state index contributed by atoms with van der Waals surface area (Å²) in [6.45, 7) is 6.23. The average molecular weight is 544 g/mol. The molecule has 0 unspecified atom stereocenters. The van der Waals surface area contributed by atoms with Gasteiger partial charge in [0.05, 0.1) is 5.69 Å². The highest BCUT2D eigenvalue weighted by atomic mass is 19.4. The predicted molar refractivity (Wildman–Crippen MR) is 137 cm³/mol. The van der Waals surface area contributed by atoms with Crippen LogP contribution in [0.15, 0.2) is 30.6 Å². The molecule has 1 amide bonds. The van der Waals surface area contributed by atoms with E-state index in [2.05, 4.69) is 35.8 Å². The minimum Gasteiger partial charge on any atom is -0.444 e. The van der Waals surface area contributed by atoms with Crippen LogP contribution >= 0.6 is 0 Å². The SMILES string of the molecule is Cn1nnnc1-c1ccc2c(-c3nc(N[C@H]4CCCN(C(=O)OC(C)(C)C)C4)ncc3C(F)(F)F)c[nH]c2c1. The van der Waals surface area contributed by atoms with Gasteiger partial charge in [0.1, 0.15) is 11.2 Å². The fourth-order valence-corrected chi connectivity index (χ4v) is 4.57. The second kappa shape index (κ2) is 9.82. The van der Waals surface area contributed by atoms with Crippen molar-refractivity contribution in [2.24, 2.45) is 7.05 Å². The number of aromatic nitrogens is 7. The maximum atomic E-state index is 14.0. The summed E-state index contributed by atoms with van der Waals surface area (Å²) in [5.41, 5.74) is -0.241. The van der Waals surface area contributed by atoms with E-state index >= 15 is 0 Å². The first-order valence-corrected chi connectivity index (χ1v) is 12.4. The normalized spacial score (nSPS) is 16.5. The molecule has 1 aliphatic rings. The van der Waals surface area contributed by atoms with Crippen LogP contribution in [-0.2, 0) is 18.0 Å². The number of likely N-dealkylation sites (tertiary alicyclic amines) is 1. The number of ether oxygens (including phenoxy) is 1. The molecule has 0 spiro atoms. The summed E-state index contributed by atoms with van der Waals surface area (Å²) in [6, 6.07) is 4.97. The number of fused-ring (bicyclic) bond motifs is 1. The molecule has 1 atom stereocenters. The molecule has 0 radical (unpaired) electrons. The van der Waals surface area contributed by atoms with Gasteiger partial charge in [-0.3, -0.25) is 0 Å². The van der Waals surface area contributed by atoms with E-state index < -0.39 is 23.4 Å². The second-order valence-corrected chi connectivity index (χ2v) is 10.5. The molecule has 0 aliphatic carbocycles. The van der Waals surface area contributed by atoms with Crippen molar-refractivity contribution < 1.29 is 22.7 Å². The van der Waals surface area contributed by atoms with Crippen molar-refractivity contribution >= 4 is 22.9 Å². The molecule has 11 nitrogen and oxygen atoms in total. The first-order chi connectivity index (χ1) is 18.4. The standard InChI is InChI=1S/C25H28F3N9O2/c1-24(2,3)39-23(38)37-9-5-6-15(13-37)31-22-30-12-18(25(26,27)28)20(32-22)17-11-29-19-10-14(7-8-16(17)19)21-33-34-35-36(21)4/h7-8,10-12,15,29H,5-6,9,13H2,1-4H3,(H,30,31,32)/t15-/m0/s1. The number of anilines is 1. The van der Waals surface area contributed by atoms with Gasteiger partial charge in [-0.1, -0.05) is 12.1 Å².